The fourth-order valence-corrected chi connectivity index (χ4v) is 3.18. The Kier molecular flexibility index (Phi) is 6.31. The summed E-state index contributed by atoms with van der Waals surface area (Å²) in [5.74, 6) is 2.14. The highest BCUT2D eigenvalue weighted by Crippen LogP contribution is 2.36. The number of hydrogen-bond acceptors (Lipinski definition) is 5. The SMILES string of the molecule is COc1cc(/C=C/C(=O)NC(C)c2ccc3c(c2)OCCO3)cc(Cl)c1OC. The Hall–Kier alpha value is -2.86. The second-order valence-electron chi connectivity index (χ2n) is 6.20. The number of fused-ring (bicyclic) bond motifs is 1. The van der Waals surface area contributed by atoms with Crippen LogP contribution in [0.2, 0.25) is 5.02 Å². The highest BCUT2D eigenvalue weighted by atomic mass is 35.5. The summed E-state index contributed by atoms with van der Waals surface area (Å²) >= 11 is 6.19. The van der Waals surface area contributed by atoms with Crippen LogP contribution in [0.1, 0.15) is 24.1 Å². The van der Waals surface area contributed by atoms with Crippen LogP contribution in [-0.2, 0) is 4.79 Å². The van der Waals surface area contributed by atoms with Crippen LogP contribution >= 0.6 is 11.6 Å². The molecule has 7 heteroatoms. The number of ether oxygens (including phenoxy) is 4. The molecule has 6 nitrogen and oxygen atoms in total. The van der Waals surface area contributed by atoms with E-state index in [0.29, 0.717) is 35.5 Å². The van der Waals surface area contributed by atoms with E-state index in [2.05, 4.69) is 5.32 Å². The van der Waals surface area contributed by atoms with E-state index in [1.54, 1.807) is 18.2 Å². The number of methoxy groups -OCH3 is 2. The van der Waals surface area contributed by atoms with Gasteiger partial charge >= 0.3 is 0 Å². The largest absolute Gasteiger partial charge is 0.493 e. The zero-order valence-electron chi connectivity index (χ0n) is 16.0. The minimum Gasteiger partial charge on any atom is -0.493 e. The molecular formula is C21H22ClNO5. The van der Waals surface area contributed by atoms with E-state index < -0.39 is 0 Å². The molecule has 0 aromatic heterocycles. The van der Waals surface area contributed by atoms with E-state index in [1.807, 2.05) is 25.1 Å². The first-order chi connectivity index (χ1) is 13.5. The second-order valence-corrected chi connectivity index (χ2v) is 6.61. The molecule has 2 aromatic carbocycles. The van der Waals surface area contributed by atoms with Gasteiger partial charge in [0.15, 0.2) is 23.0 Å². The lowest BCUT2D eigenvalue weighted by Crippen LogP contribution is -2.25. The molecule has 1 heterocycles. The van der Waals surface area contributed by atoms with Gasteiger partial charge in [0.25, 0.3) is 0 Å². The lowest BCUT2D eigenvalue weighted by molar-refractivity contribution is -0.117. The van der Waals surface area contributed by atoms with E-state index in [0.717, 1.165) is 16.9 Å². The van der Waals surface area contributed by atoms with Crippen molar-refractivity contribution < 1.29 is 23.7 Å². The van der Waals surface area contributed by atoms with Gasteiger partial charge in [0.1, 0.15) is 13.2 Å². The Morgan fingerprint density at radius 3 is 2.61 bits per heavy atom. The van der Waals surface area contributed by atoms with Gasteiger partial charge in [-0.3, -0.25) is 4.79 Å². The molecule has 0 bridgehead atoms. The van der Waals surface area contributed by atoms with Gasteiger partial charge in [-0.05, 0) is 48.4 Å². The Morgan fingerprint density at radius 1 is 1.14 bits per heavy atom. The minimum absolute atomic E-state index is 0.193. The van der Waals surface area contributed by atoms with Crippen LogP contribution in [0, 0.1) is 0 Å². The van der Waals surface area contributed by atoms with Crippen LogP contribution in [-0.4, -0.2) is 33.3 Å². The topological polar surface area (TPSA) is 66.0 Å². The molecule has 1 N–H and O–H groups in total. The third-order valence-corrected chi connectivity index (χ3v) is 4.59. The molecule has 0 spiro atoms. The molecule has 28 heavy (non-hydrogen) atoms. The Labute approximate surface area is 169 Å². The third kappa shape index (κ3) is 4.51. The Bertz CT molecular complexity index is 897. The van der Waals surface area contributed by atoms with Gasteiger partial charge in [-0.25, -0.2) is 0 Å². The maximum Gasteiger partial charge on any atom is 0.244 e. The number of rotatable bonds is 6. The van der Waals surface area contributed by atoms with E-state index >= 15 is 0 Å². The lowest BCUT2D eigenvalue weighted by Gasteiger charge is -2.20. The lowest BCUT2D eigenvalue weighted by atomic mass is 10.1. The maximum absolute atomic E-state index is 12.3. The standard InChI is InChI=1S/C21H22ClNO5/c1-13(15-5-6-17-18(12-15)28-9-8-27-17)23-20(24)7-4-14-10-16(22)21(26-3)19(11-14)25-2/h4-7,10-13H,8-9H2,1-3H3,(H,23,24)/b7-4+. The summed E-state index contributed by atoms with van der Waals surface area (Å²) in [6.07, 6.45) is 3.12. The number of benzene rings is 2. The van der Waals surface area contributed by atoms with Crippen LogP contribution in [0.15, 0.2) is 36.4 Å². The molecule has 2 aromatic rings. The van der Waals surface area contributed by atoms with Crippen molar-refractivity contribution in [1.82, 2.24) is 5.32 Å². The molecule has 148 valence electrons. The molecule has 3 rings (SSSR count). The summed E-state index contributed by atoms with van der Waals surface area (Å²) in [5, 5.41) is 3.34. The first kappa shape index (κ1) is 19.9. The van der Waals surface area contributed by atoms with Gasteiger partial charge in [-0.15, -0.1) is 0 Å². The predicted molar refractivity (Wildman–Crippen MR) is 108 cm³/mol. The normalized spacial score (nSPS) is 13.9. The molecule has 1 aliphatic rings. The summed E-state index contributed by atoms with van der Waals surface area (Å²) in [4.78, 5) is 12.3. The monoisotopic (exact) mass is 403 g/mol. The number of halogens is 1. The Morgan fingerprint density at radius 2 is 1.89 bits per heavy atom. The van der Waals surface area contributed by atoms with Crippen LogP contribution in [0.25, 0.3) is 6.08 Å². The van der Waals surface area contributed by atoms with Crippen LogP contribution in [0.5, 0.6) is 23.0 Å². The number of amides is 1. The van der Waals surface area contributed by atoms with Crippen molar-refractivity contribution in [2.75, 3.05) is 27.4 Å². The average Bonchev–Trinajstić information content (AvgIpc) is 2.71. The van der Waals surface area contributed by atoms with Crippen molar-refractivity contribution >= 4 is 23.6 Å². The molecule has 0 fully saturated rings. The van der Waals surface area contributed by atoms with Gasteiger partial charge < -0.3 is 24.3 Å². The summed E-state index contributed by atoms with van der Waals surface area (Å²) < 4.78 is 21.6. The molecule has 0 aliphatic carbocycles. The van der Waals surface area contributed by atoms with Crippen molar-refractivity contribution in [3.63, 3.8) is 0 Å². The molecule has 1 aliphatic heterocycles. The number of hydrogen-bond donors (Lipinski definition) is 1. The van der Waals surface area contributed by atoms with Crippen molar-refractivity contribution in [2.45, 2.75) is 13.0 Å². The van der Waals surface area contributed by atoms with Crippen molar-refractivity contribution in [2.24, 2.45) is 0 Å². The zero-order chi connectivity index (χ0) is 20.1. The number of nitrogens with one attached hydrogen (secondary N) is 1. The molecule has 1 amide bonds. The van der Waals surface area contributed by atoms with Gasteiger partial charge in [0.05, 0.1) is 25.3 Å². The Balaban J connectivity index is 1.67. The molecule has 0 radical (unpaired) electrons. The first-order valence-corrected chi connectivity index (χ1v) is 9.19. The molecule has 0 saturated heterocycles. The predicted octanol–water partition coefficient (Wildman–Crippen LogP) is 4.02. The number of carbonyl (C=O) groups excluding carboxylic acids is 1. The number of carbonyl (C=O) groups is 1. The van der Waals surface area contributed by atoms with Crippen molar-refractivity contribution in [1.29, 1.82) is 0 Å². The first-order valence-electron chi connectivity index (χ1n) is 8.81. The molecule has 1 unspecified atom stereocenters. The van der Waals surface area contributed by atoms with E-state index in [1.165, 1.54) is 20.3 Å². The average molecular weight is 404 g/mol. The van der Waals surface area contributed by atoms with Crippen molar-refractivity contribution in [3.8, 4) is 23.0 Å². The van der Waals surface area contributed by atoms with E-state index in [-0.39, 0.29) is 11.9 Å². The fraction of sp³-hybridized carbons (Fsp3) is 0.286. The summed E-state index contributed by atoms with van der Waals surface area (Å²) in [6, 6.07) is 8.92. The van der Waals surface area contributed by atoms with Gasteiger partial charge in [0, 0.05) is 6.08 Å². The zero-order valence-corrected chi connectivity index (χ0v) is 16.7. The van der Waals surface area contributed by atoms with Crippen LogP contribution < -0.4 is 24.3 Å². The summed E-state index contributed by atoms with van der Waals surface area (Å²) in [7, 11) is 3.05. The molecular weight excluding hydrogens is 382 g/mol. The molecule has 0 saturated carbocycles. The fourth-order valence-electron chi connectivity index (χ4n) is 2.88. The highest BCUT2D eigenvalue weighted by Gasteiger charge is 2.15. The highest BCUT2D eigenvalue weighted by molar-refractivity contribution is 6.32. The van der Waals surface area contributed by atoms with E-state index in [4.69, 9.17) is 30.5 Å². The van der Waals surface area contributed by atoms with Crippen molar-refractivity contribution in [3.05, 3.63) is 52.6 Å². The smallest absolute Gasteiger partial charge is 0.244 e. The van der Waals surface area contributed by atoms with Gasteiger partial charge in [0.2, 0.25) is 5.91 Å². The second kappa shape index (κ2) is 8.89. The van der Waals surface area contributed by atoms with E-state index in [9.17, 15) is 4.79 Å². The maximum atomic E-state index is 12.3. The summed E-state index contributed by atoms with van der Waals surface area (Å²) in [6.45, 7) is 2.97. The quantitative estimate of drug-likeness (QED) is 0.738. The van der Waals surface area contributed by atoms with Gasteiger partial charge in [-0.2, -0.15) is 0 Å². The minimum atomic E-state index is -0.228. The van der Waals surface area contributed by atoms with Gasteiger partial charge in [-0.1, -0.05) is 17.7 Å². The molecule has 1 atom stereocenters. The summed E-state index contributed by atoms with van der Waals surface area (Å²) in [5.41, 5.74) is 1.66. The van der Waals surface area contributed by atoms with Crippen LogP contribution in [0.3, 0.4) is 0 Å². The third-order valence-electron chi connectivity index (χ3n) is 4.31. The van der Waals surface area contributed by atoms with Crippen LogP contribution in [0.4, 0.5) is 0 Å².